The molecule has 0 amide bonds. The van der Waals surface area contributed by atoms with Gasteiger partial charge in [-0.3, -0.25) is 9.59 Å². The molecule has 0 unspecified atom stereocenters. The van der Waals surface area contributed by atoms with Crippen LogP contribution in [0.4, 0.5) is 0 Å². The van der Waals surface area contributed by atoms with Gasteiger partial charge < -0.3 is 9.94 Å². The smallest absolute Gasteiger partial charge is 0.305 e. The molecule has 2 aromatic carbocycles. The van der Waals surface area contributed by atoms with Crippen molar-refractivity contribution in [3.63, 3.8) is 0 Å². The van der Waals surface area contributed by atoms with Crippen LogP contribution in [-0.2, 0) is 9.53 Å². The summed E-state index contributed by atoms with van der Waals surface area (Å²) in [5, 5.41) is 12.0. The van der Waals surface area contributed by atoms with E-state index in [9.17, 15) is 9.59 Å². The number of nitrogens with zero attached hydrogens (tertiary/aromatic N) is 1. The first kappa shape index (κ1) is 17.7. The van der Waals surface area contributed by atoms with Gasteiger partial charge in [0, 0.05) is 21.8 Å². The van der Waals surface area contributed by atoms with Gasteiger partial charge in [0.2, 0.25) is 5.78 Å². The highest BCUT2D eigenvalue weighted by atomic mass is 32.2. The standard InChI is InChI=1S/C18H17NO4S/c1-23-17(20)12-11-16(19-22)18(21)13-7-9-15(10-8-13)24-14-5-3-2-4-6-14/h2-10,22H,11-12H2,1H3/b19-16+. The van der Waals surface area contributed by atoms with Gasteiger partial charge in [-0.05, 0) is 36.4 Å². The maximum atomic E-state index is 12.3. The van der Waals surface area contributed by atoms with Crippen molar-refractivity contribution in [2.75, 3.05) is 7.11 Å². The molecule has 6 heteroatoms. The minimum absolute atomic E-state index is 0.0103. The molecule has 0 saturated carbocycles. The zero-order valence-electron chi connectivity index (χ0n) is 13.1. The van der Waals surface area contributed by atoms with Crippen LogP contribution >= 0.6 is 11.8 Å². The van der Waals surface area contributed by atoms with E-state index in [-0.39, 0.29) is 18.6 Å². The number of benzene rings is 2. The Bertz CT molecular complexity index is 726. The van der Waals surface area contributed by atoms with Crippen LogP contribution in [0.15, 0.2) is 69.5 Å². The topological polar surface area (TPSA) is 76.0 Å². The Hall–Kier alpha value is -2.60. The second-order valence-corrected chi connectivity index (χ2v) is 6.04. The highest BCUT2D eigenvalue weighted by molar-refractivity contribution is 7.99. The molecule has 0 aliphatic carbocycles. The van der Waals surface area contributed by atoms with E-state index in [0.29, 0.717) is 5.56 Å². The summed E-state index contributed by atoms with van der Waals surface area (Å²) in [5.41, 5.74) is 0.342. The van der Waals surface area contributed by atoms with Crippen LogP contribution < -0.4 is 0 Å². The number of rotatable bonds is 7. The van der Waals surface area contributed by atoms with Crippen LogP contribution in [0.5, 0.6) is 0 Å². The fraction of sp³-hybridized carbons (Fsp3) is 0.167. The van der Waals surface area contributed by atoms with Gasteiger partial charge in [0.15, 0.2) is 0 Å². The average molecular weight is 343 g/mol. The van der Waals surface area contributed by atoms with Crippen molar-refractivity contribution in [3.05, 3.63) is 60.2 Å². The molecule has 124 valence electrons. The highest BCUT2D eigenvalue weighted by Gasteiger charge is 2.16. The molecule has 0 spiro atoms. The molecule has 0 aliphatic heterocycles. The fourth-order valence-electron chi connectivity index (χ4n) is 2.00. The Morgan fingerprint density at radius 3 is 2.21 bits per heavy atom. The summed E-state index contributed by atoms with van der Waals surface area (Å²) < 4.78 is 4.51. The summed E-state index contributed by atoms with van der Waals surface area (Å²) in [6, 6.07) is 16.9. The molecule has 0 radical (unpaired) electrons. The Labute approximate surface area is 144 Å². The van der Waals surface area contributed by atoms with Gasteiger partial charge in [0.1, 0.15) is 5.71 Å². The Morgan fingerprint density at radius 2 is 1.62 bits per heavy atom. The number of oxime groups is 1. The molecule has 0 saturated heterocycles. The van der Waals surface area contributed by atoms with Crippen molar-refractivity contribution in [2.45, 2.75) is 22.6 Å². The van der Waals surface area contributed by atoms with Crippen molar-refractivity contribution in [2.24, 2.45) is 5.16 Å². The summed E-state index contributed by atoms with van der Waals surface area (Å²) in [7, 11) is 1.27. The van der Waals surface area contributed by atoms with Crippen LogP contribution in [0.1, 0.15) is 23.2 Å². The molecule has 0 heterocycles. The molecular weight excluding hydrogens is 326 g/mol. The summed E-state index contributed by atoms with van der Waals surface area (Å²) in [6.07, 6.45) is 0.0199. The zero-order valence-corrected chi connectivity index (χ0v) is 14.0. The van der Waals surface area contributed by atoms with Crippen LogP contribution in [-0.4, -0.2) is 29.8 Å². The lowest BCUT2D eigenvalue weighted by Gasteiger charge is -2.05. The number of ketones is 1. The van der Waals surface area contributed by atoms with E-state index in [1.807, 2.05) is 42.5 Å². The summed E-state index contributed by atoms with van der Waals surface area (Å²) in [6.45, 7) is 0. The number of hydrogen-bond donors (Lipinski definition) is 1. The third kappa shape index (κ3) is 4.96. The summed E-state index contributed by atoms with van der Waals surface area (Å²) in [5.74, 6) is -0.865. The lowest BCUT2D eigenvalue weighted by atomic mass is 10.0. The van der Waals surface area contributed by atoms with E-state index in [4.69, 9.17) is 5.21 Å². The highest BCUT2D eigenvalue weighted by Crippen LogP contribution is 2.27. The number of Topliss-reactive ketones (excluding diaryl/α,β-unsaturated/α-hetero) is 1. The number of hydrogen-bond acceptors (Lipinski definition) is 6. The van der Waals surface area contributed by atoms with Crippen LogP contribution in [0.25, 0.3) is 0 Å². The fourth-order valence-corrected chi connectivity index (χ4v) is 2.83. The van der Waals surface area contributed by atoms with Gasteiger partial charge in [-0.15, -0.1) is 0 Å². The number of carbonyl (C=O) groups is 2. The van der Waals surface area contributed by atoms with Gasteiger partial charge >= 0.3 is 5.97 Å². The molecule has 1 N–H and O–H groups in total. The zero-order chi connectivity index (χ0) is 17.4. The maximum absolute atomic E-state index is 12.3. The minimum atomic E-state index is -0.460. The lowest BCUT2D eigenvalue weighted by Crippen LogP contribution is -2.16. The summed E-state index contributed by atoms with van der Waals surface area (Å²) >= 11 is 1.59. The third-order valence-corrected chi connectivity index (χ3v) is 4.29. The number of methoxy groups -OCH3 is 1. The van der Waals surface area contributed by atoms with E-state index >= 15 is 0 Å². The second kappa shape index (κ2) is 8.88. The number of esters is 1. The van der Waals surface area contributed by atoms with E-state index in [1.54, 1.807) is 23.9 Å². The molecule has 2 rings (SSSR count). The maximum Gasteiger partial charge on any atom is 0.305 e. The number of carbonyl (C=O) groups excluding carboxylic acids is 2. The Morgan fingerprint density at radius 1 is 1.00 bits per heavy atom. The van der Waals surface area contributed by atoms with E-state index in [0.717, 1.165) is 9.79 Å². The van der Waals surface area contributed by atoms with Crippen LogP contribution in [0.3, 0.4) is 0 Å². The first-order chi connectivity index (χ1) is 11.6. The van der Waals surface area contributed by atoms with Crippen LogP contribution in [0.2, 0.25) is 0 Å². The van der Waals surface area contributed by atoms with Crippen molar-refractivity contribution >= 4 is 29.2 Å². The quantitative estimate of drug-likeness (QED) is 0.272. The van der Waals surface area contributed by atoms with E-state index in [1.165, 1.54) is 7.11 Å². The molecule has 0 atom stereocenters. The van der Waals surface area contributed by atoms with Crippen molar-refractivity contribution < 1.29 is 19.5 Å². The molecule has 0 bridgehead atoms. The number of ether oxygens (including phenoxy) is 1. The first-order valence-corrected chi connectivity index (χ1v) is 8.11. The first-order valence-electron chi connectivity index (χ1n) is 7.29. The monoisotopic (exact) mass is 343 g/mol. The molecular formula is C18H17NO4S. The SMILES string of the molecule is COC(=O)CC/C(=N\O)C(=O)c1ccc(Sc2ccccc2)cc1. The molecule has 2 aromatic rings. The van der Waals surface area contributed by atoms with Crippen molar-refractivity contribution in [1.29, 1.82) is 0 Å². The Kier molecular flexibility index (Phi) is 6.57. The lowest BCUT2D eigenvalue weighted by molar-refractivity contribution is -0.140. The molecule has 24 heavy (non-hydrogen) atoms. The van der Waals surface area contributed by atoms with Gasteiger partial charge in [-0.25, -0.2) is 0 Å². The van der Waals surface area contributed by atoms with Gasteiger partial charge in [-0.2, -0.15) is 0 Å². The van der Waals surface area contributed by atoms with Gasteiger partial charge in [-0.1, -0.05) is 35.1 Å². The summed E-state index contributed by atoms with van der Waals surface area (Å²) in [4.78, 5) is 25.5. The largest absolute Gasteiger partial charge is 0.469 e. The third-order valence-electron chi connectivity index (χ3n) is 3.27. The van der Waals surface area contributed by atoms with Crippen LogP contribution in [0, 0.1) is 0 Å². The average Bonchev–Trinajstić information content (AvgIpc) is 2.63. The second-order valence-electron chi connectivity index (χ2n) is 4.89. The van der Waals surface area contributed by atoms with Crippen molar-refractivity contribution in [3.8, 4) is 0 Å². The molecule has 0 aliphatic rings. The molecule has 5 nitrogen and oxygen atoms in total. The van der Waals surface area contributed by atoms with Crippen molar-refractivity contribution in [1.82, 2.24) is 0 Å². The normalized spacial score (nSPS) is 11.1. The Balaban J connectivity index is 2.03. The van der Waals surface area contributed by atoms with E-state index in [2.05, 4.69) is 9.89 Å². The minimum Gasteiger partial charge on any atom is -0.469 e. The predicted octanol–water partition coefficient (Wildman–Crippen LogP) is 3.80. The van der Waals surface area contributed by atoms with E-state index < -0.39 is 11.8 Å². The van der Waals surface area contributed by atoms with Gasteiger partial charge in [0.05, 0.1) is 13.5 Å². The molecule has 0 aromatic heterocycles. The van der Waals surface area contributed by atoms with Gasteiger partial charge in [0.25, 0.3) is 0 Å². The predicted molar refractivity (Wildman–Crippen MR) is 91.8 cm³/mol. The molecule has 0 fully saturated rings.